The van der Waals surface area contributed by atoms with Crippen molar-refractivity contribution in [2.45, 2.75) is 65.2 Å². The predicted octanol–water partition coefficient (Wildman–Crippen LogP) is -4.46. The van der Waals surface area contributed by atoms with Crippen LogP contribution in [0, 0.1) is 0 Å². The zero-order valence-corrected chi connectivity index (χ0v) is 29.9. The van der Waals surface area contributed by atoms with Gasteiger partial charge in [0.15, 0.2) is 0 Å². The first-order valence-electron chi connectivity index (χ1n) is 8.37. The second-order valence-corrected chi connectivity index (χ2v) is 11.0. The van der Waals surface area contributed by atoms with Crippen molar-refractivity contribution in [3.63, 3.8) is 0 Å². The van der Waals surface area contributed by atoms with E-state index in [1.807, 2.05) is 20.8 Å². The summed E-state index contributed by atoms with van der Waals surface area (Å²) in [5, 5.41) is -5.13. The molecule has 5 nitrogen and oxygen atoms in total. The SMILES string of the molecule is CC(C)=CCC/C(C)=C/CC/C(C)=C/CCP(=O)(O)C(F)(F)P(=O)([O-])[O-].[K+].[K+].[K+]. The van der Waals surface area contributed by atoms with E-state index < -0.39 is 26.5 Å². The molecule has 1 unspecified atom stereocenters. The van der Waals surface area contributed by atoms with Gasteiger partial charge in [-0.15, -0.1) is 0 Å². The standard InChI is InChI=1S/C17H30F2O5P2.3K/c1-14(2)8-5-9-15(3)10-6-11-16(4)12-7-13-25(20,21)17(18,19)26(22,23)24;;;/h8,10,12H,5-7,9,11,13H2,1-4H3,(H,20,21)(H2,22,23,24);;;/q;3*+1/p-2/b15-10+,16-12+;;;. The van der Waals surface area contributed by atoms with E-state index in [1.165, 1.54) is 17.2 Å². The molecule has 0 bridgehead atoms. The van der Waals surface area contributed by atoms with Crippen molar-refractivity contribution in [2.24, 2.45) is 0 Å². The molecule has 29 heavy (non-hydrogen) atoms. The molecule has 0 amide bonds. The summed E-state index contributed by atoms with van der Waals surface area (Å²) in [7, 11) is -11.9. The molecule has 0 fully saturated rings. The van der Waals surface area contributed by atoms with Gasteiger partial charge in [-0.25, -0.2) is 0 Å². The van der Waals surface area contributed by atoms with E-state index in [0.717, 1.165) is 24.8 Å². The van der Waals surface area contributed by atoms with E-state index in [4.69, 9.17) is 0 Å². The Bertz CT molecular complexity index is 657. The summed E-state index contributed by atoms with van der Waals surface area (Å²) in [5.41, 5.74) is 3.36. The van der Waals surface area contributed by atoms with Crippen LogP contribution in [0.1, 0.15) is 59.8 Å². The third kappa shape index (κ3) is 17.4. The Morgan fingerprint density at radius 3 is 1.62 bits per heavy atom. The topological polar surface area (TPSA) is 100 Å². The van der Waals surface area contributed by atoms with E-state index >= 15 is 0 Å². The molecule has 0 saturated carbocycles. The van der Waals surface area contributed by atoms with Gasteiger partial charge in [-0.1, -0.05) is 34.9 Å². The van der Waals surface area contributed by atoms with Crippen LogP contribution in [0.4, 0.5) is 8.78 Å². The second-order valence-electron chi connectivity index (χ2n) is 6.68. The van der Waals surface area contributed by atoms with Crippen LogP contribution in [0.25, 0.3) is 0 Å². The molecule has 0 aromatic carbocycles. The van der Waals surface area contributed by atoms with E-state index in [1.54, 1.807) is 6.92 Å². The minimum Gasteiger partial charge on any atom is -0.806 e. The minimum atomic E-state index is -6.48. The Kier molecular flexibility index (Phi) is 27.2. The fraction of sp³-hybridized carbons (Fsp3) is 0.647. The van der Waals surface area contributed by atoms with Gasteiger partial charge >= 0.3 is 160 Å². The van der Waals surface area contributed by atoms with Crippen molar-refractivity contribution in [1.82, 2.24) is 0 Å². The molecule has 12 heteroatoms. The van der Waals surface area contributed by atoms with Crippen LogP contribution < -0.4 is 164 Å². The van der Waals surface area contributed by atoms with Gasteiger partial charge < -0.3 is 19.2 Å². The van der Waals surface area contributed by atoms with Crippen molar-refractivity contribution >= 4 is 15.0 Å². The van der Waals surface area contributed by atoms with Crippen LogP contribution in [0.3, 0.4) is 0 Å². The maximum Gasteiger partial charge on any atom is 1.00 e. The van der Waals surface area contributed by atoms with Crippen molar-refractivity contribution in [3.8, 4) is 0 Å². The molecule has 0 aromatic rings. The van der Waals surface area contributed by atoms with Gasteiger partial charge in [-0.05, 0) is 59.8 Å². The monoisotopic (exact) mass is 529 g/mol. The summed E-state index contributed by atoms with van der Waals surface area (Å²) in [6.45, 7) is 7.88. The van der Waals surface area contributed by atoms with Crippen LogP contribution in [-0.4, -0.2) is 16.5 Å². The molecule has 1 atom stereocenters. The van der Waals surface area contributed by atoms with Gasteiger partial charge in [0, 0.05) is 13.8 Å². The van der Waals surface area contributed by atoms with Crippen LogP contribution >= 0.6 is 15.0 Å². The fourth-order valence-electron chi connectivity index (χ4n) is 2.15. The molecule has 0 heterocycles. The molecule has 0 aliphatic rings. The predicted molar refractivity (Wildman–Crippen MR) is 97.3 cm³/mol. The summed E-state index contributed by atoms with van der Waals surface area (Å²) in [4.78, 5) is 30.2. The van der Waals surface area contributed by atoms with Gasteiger partial charge in [-0.2, -0.15) is 8.78 Å². The molecular formula is C17H28F2K3O5P2+. The number of hydrogen-bond donors (Lipinski definition) is 1. The van der Waals surface area contributed by atoms with Gasteiger partial charge in [0.25, 0.3) is 7.37 Å². The molecule has 0 rings (SSSR count). The molecule has 1 N–H and O–H groups in total. The normalized spacial score (nSPS) is 14.7. The molecule has 0 saturated heterocycles. The molecule has 0 radical (unpaired) electrons. The van der Waals surface area contributed by atoms with Crippen molar-refractivity contribution < 1.29 is 187 Å². The first kappa shape index (κ1) is 40.5. The molecule has 152 valence electrons. The van der Waals surface area contributed by atoms with Crippen molar-refractivity contribution in [1.29, 1.82) is 0 Å². The maximum absolute atomic E-state index is 13.2. The number of rotatable bonds is 11. The molecule has 0 aliphatic heterocycles. The number of allylic oxidation sites excluding steroid dienone is 6. The average Bonchev–Trinajstić information content (AvgIpc) is 2.45. The maximum atomic E-state index is 13.2. The van der Waals surface area contributed by atoms with Gasteiger partial charge in [0.05, 0.1) is 0 Å². The third-order valence-electron chi connectivity index (χ3n) is 3.80. The van der Waals surface area contributed by atoms with Crippen LogP contribution in [0.2, 0.25) is 0 Å². The Morgan fingerprint density at radius 1 is 0.862 bits per heavy atom. The van der Waals surface area contributed by atoms with Crippen LogP contribution in [0.15, 0.2) is 34.9 Å². The van der Waals surface area contributed by atoms with Crippen molar-refractivity contribution in [2.75, 3.05) is 6.16 Å². The number of hydrogen-bond acceptors (Lipinski definition) is 4. The zero-order chi connectivity index (χ0) is 20.6. The van der Waals surface area contributed by atoms with E-state index in [0.29, 0.717) is 6.42 Å². The van der Waals surface area contributed by atoms with Crippen LogP contribution in [-0.2, 0) is 9.13 Å². The number of alkyl halides is 2. The Labute approximate surface area is 301 Å². The van der Waals surface area contributed by atoms with E-state index in [9.17, 15) is 32.6 Å². The first-order valence-corrected chi connectivity index (χ1v) is 11.8. The smallest absolute Gasteiger partial charge is 0.806 e. The molecular weight excluding hydrogens is 501 g/mol. The quantitative estimate of drug-likeness (QED) is 0.165. The zero-order valence-electron chi connectivity index (χ0n) is 18.7. The first-order chi connectivity index (χ1) is 11.7. The molecule has 0 aromatic heterocycles. The average molecular weight is 530 g/mol. The minimum absolute atomic E-state index is 0. The third-order valence-corrected chi connectivity index (χ3v) is 7.83. The van der Waals surface area contributed by atoms with Crippen LogP contribution in [0.5, 0.6) is 0 Å². The van der Waals surface area contributed by atoms with Gasteiger partial charge in [-0.3, -0.25) is 4.57 Å². The molecule has 0 spiro atoms. The van der Waals surface area contributed by atoms with Crippen molar-refractivity contribution in [3.05, 3.63) is 34.9 Å². The largest absolute Gasteiger partial charge is 1.00 e. The number of halogens is 2. The summed E-state index contributed by atoms with van der Waals surface area (Å²) in [5.74, 6) is 0. The summed E-state index contributed by atoms with van der Waals surface area (Å²) >= 11 is 0. The Balaban J connectivity index is -0.00000104. The van der Waals surface area contributed by atoms with Gasteiger partial charge in [0.2, 0.25) is 0 Å². The summed E-state index contributed by atoms with van der Waals surface area (Å²) in [6, 6.07) is 0. The van der Waals surface area contributed by atoms with E-state index in [2.05, 4.69) is 12.2 Å². The summed E-state index contributed by atoms with van der Waals surface area (Å²) < 4.78 is 48.5. The Morgan fingerprint density at radius 2 is 1.24 bits per heavy atom. The fourth-order valence-corrected chi connectivity index (χ4v) is 4.73. The summed E-state index contributed by atoms with van der Waals surface area (Å²) in [6.07, 6.45) is 7.97. The van der Waals surface area contributed by atoms with Gasteiger partial charge in [0.1, 0.15) is 0 Å². The molecule has 0 aliphatic carbocycles. The second kappa shape index (κ2) is 19.5. The van der Waals surface area contributed by atoms with E-state index in [-0.39, 0.29) is 161 Å². The Hall–Kier alpha value is 4.33.